The molecular formula is C20H18Br3N3O3. The third-order valence-electron chi connectivity index (χ3n) is 3.82. The molecule has 9 heteroatoms. The molecule has 2 rings (SSSR count). The van der Waals surface area contributed by atoms with Crippen molar-refractivity contribution in [3.05, 3.63) is 60.9 Å². The third-order valence-corrected chi connectivity index (χ3v) is 5.53. The van der Waals surface area contributed by atoms with Crippen LogP contribution in [-0.2, 0) is 11.2 Å². The fourth-order valence-corrected chi connectivity index (χ4v) is 4.18. The number of ether oxygens (including phenoxy) is 1. The Morgan fingerprint density at radius 3 is 2.28 bits per heavy atom. The van der Waals surface area contributed by atoms with Gasteiger partial charge in [-0.25, -0.2) is 0 Å². The van der Waals surface area contributed by atoms with E-state index in [0.29, 0.717) is 43.9 Å². The first-order chi connectivity index (χ1) is 13.9. The first-order valence-electron chi connectivity index (χ1n) is 8.73. The zero-order valence-electron chi connectivity index (χ0n) is 15.3. The SMILES string of the molecule is N#CC(=O)NCCCOc1c(Br)cc(CCNC(=O)c2ccc(Br)cc2)cc1Br. The van der Waals surface area contributed by atoms with E-state index in [0.717, 1.165) is 19.0 Å². The number of benzene rings is 2. The van der Waals surface area contributed by atoms with Crippen molar-refractivity contribution in [2.24, 2.45) is 0 Å². The molecule has 29 heavy (non-hydrogen) atoms. The van der Waals surface area contributed by atoms with Gasteiger partial charge in [-0.05, 0) is 86.7 Å². The Balaban J connectivity index is 1.82. The van der Waals surface area contributed by atoms with E-state index >= 15 is 0 Å². The van der Waals surface area contributed by atoms with Crippen LogP contribution in [0.15, 0.2) is 49.8 Å². The van der Waals surface area contributed by atoms with E-state index in [-0.39, 0.29) is 5.91 Å². The van der Waals surface area contributed by atoms with Crippen molar-refractivity contribution < 1.29 is 14.3 Å². The summed E-state index contributed by atoms with van der Waals surface area (Å²) in [6.07, 6.45) is 1.25. The number of rotatable bonds is 9. The van der Waals surface area contributed by atoms with Gasteiger partial charge in [0.1, 0.15) is 5.75 Å². The van der Waals surface area contributed by atoms with Crippen molar-refractivity contribution in [2.75, 3.05) is 19.7 Å². The Morgan fingerprint density at radius 1 is 1.00 bits per heavy atom. The molecule has 0 aliphatic carbocycles. The maximum atomic E-state index is 12.2. The first kappa shape index (κ1) is 23.4. The van der Waals surface area contributed by atoms with Crippen molar-refractivity contribution >= 4 is 59.6 Å². The number of nitriles is 1. The van der Waals surface area contributed by atoms with Crippen LogP contribution < -0.4 is 15.4 Å². The molecule has 0 aromatic heterocycles. The average molecular weight is 588 g/mol. The number of hydrogen-bond acceptors (Lipinski definition) is 4. The van der Waals surface area contributed by atoms with Crippen LogP contribution in [0.3, 0.4) is 0 Å². The van der Waals surface area contributed by atoms with Gasteiger partial charge in [0.05, 0.1) is 15.6 Å². The van der Waals surface area contributed by atoms with Crippen molar-refractivity contribution in [2.45, 2.75) is 12.8 Å². The van der Waals surface area contributed by atoms with Crippen molar-refractivity contribution in [1.29, 1.82) is 5.26 Å². The molecule has 0 saturated carbocycles. The first-order valence-corrected chi connectivity index (χ1v) is 11.1. The highest BCUT2D eigenvalue weighted by atomic mass is 79.9. The number of hydrogen-bond donors (Lipinski definition) is 2. The van der Waals surface area contributed by atoms with Gasteiger partial charge < -0.3 is 15.4 Å². The molecule has 0 atom stereocenters. The van der Waals surface area contributed by atoms with Crippen LogP contribution in [0.2, 0.25) is 0 Å². The summed E-state index contributed by atoms with van der Waals surface area (Å²) in [6, 6.07) is 12.6. The molecule has 2 N–H and O–H groups in total. The van der Waals surface area contributed by atoms with E-state index < -0.39 is 5.91 Å². The smallest absolute Gasteiger partial charge is 0.322 e. The number of nitrogens with one attached hydrogen (secondary N) is 2. The predicted octanol–water partition coefficient (Wildman–Crippen LogP) is 4.36. The zero-order chi connectivity index (χ0) is 21.2. The lowest BCUT2D eigenvalue weighted by Gasteiger charge is -2.13. The van der Waals surface area contributed by atoms with Crippen LogP contribution in [0.4, 0.5) is 0 Å². The van der Waals surface area contributed by atoms with E-state index in [4.69, 9.17) is 10.00 Å². The Kier molecular flexibility index (Phi) is 9.64. The second-order valence-corrected chi connectivity index (χ2v) is 8.60. The van der Waals surface area contributed by atoms with Crippen LogP contribution in [0.25, 0.3) is 0 Å². The third kappa shape index (κ3) is 7.80. The van der Waals surface area contributed by atoms with Gasteiger partial charge >= 0.3 is 5.91 Å². The summed E-state index contributed by atoms with van der Waals surface area (Å²) in [5.74, 6) is -0.0951. The molecule has 0 aliphatic heterocycles. The summed E-state index contributed by atoms with van der Waals surface area (Å²) >= 11 is 10.4. The Bertz CT molecular complexity index is 888. The second kappa shape index (κ2) is 12.0. The molecule has 152 valence electrons. The molecule has 0 heterocycles. The number of amides is 2. The molecule has 0 saturated heterocycles. The molecule has 0 aliphatic rings. The van der Waals surface area contributed by atoms with Gasteiger partial charge in [-0.1, -0.05) is 15.9 Å². The zero-order valence-corrected chi connectivity index (χ0v) is 20.1. The van der Waals surface area contributed by atoms with Gasteiger partial charge in [0, 0.05) is 23.1 Å². The van der Waals surface area contributed by atoms with Crippen molar-refractivity contribution in [3.8, 4) is 11.8 Å². The fourth-order valence-electron chi connectivity index (χ4n) is 2.41. The van der Waals surface area contributed by atoms with Crippen LogP contribution in [-0.4, -0.2) is 31.5 Å². The highest BCUT2D eigenvalue weighted by Crippen LogP contribution is 2.35. The summed E-state index contributed by atoms with van der Waals surface area (Å²) in [7, 11) is 0. The van der Waals surface area contributed by atoms with E-state index in [1.807, 2.05) is 24.3 Å². The Labute approximate surface area is 194 Å². The van der Waals surface area contributed by atoms with Gasteiger partial charge in [0.2, 0.25) is 0 Å². The molecule has 2 aromatic rings. The van der Waals surface area contributed by atoms with Gasteiger partial charge in [0.15, 0.2) is 6.07 Å². The predicted molar refractivity (Wildman–Crippen MR) is 121 cm³/mol. The number of carbonyl (C=O) groups is 2. The second-order valence-electron chi connectivity index (χ2n) is 5.97. The van der Waals surface area contributed by atoms with E-state index in [2.05, 4.69) is 58.4 Å². The molecule has 2 aromatic carbocycles. The summed E-state index contributed by atoms with van der Waals surface area (Å²) in [6.45, 7) is 1.27. The van der Waals surface area contributed by atoms with Gasteiger partial charge in [0.25, 0.3) is 5.91 Å². The summed E-state index contributed by atoms with van der Waals surface area (Å²) in [5, 5.41) is 13.8. The Hall–Kier alpha value is -1.89. The summed E-state index contributed by atoms with van der Waals surface area (Å²) in [5.41, 5.74) is 1.65. The number of carbonyl (C=O) groups excluding carboxylic acids is 2. The molecule has 2 amide bonds. The minimum atomic E-state index is -0.649. The van der Waals surface area contributed by atoms with Crippen LogP contribution in [0.5, 0.6) is 5.75 Å². The van der Waals surface area contributed by atoms with Gasteiger partial charge in [-0.15, -0.1) is 0 Å². The van der Waals surface area contributed by atoms with Crippen molar-refractivity contribution in [1.82, 2.24) is 10.6 Å². The van der Waals surface area contributed by atoms with Gasteiger partial charge in [-0.2, -0.15) is 5.26 Å². The molecule has 0 radical (unpaired) electrons. The van der Waals surface area contributed by atoms with E-state index in [1.54, 1.807) is 12.1 Å². The molecule has 0 fully saturated rings. The summed E-state index contributed by atoms with van der Waals surface area (Å²) < 4.78 is 8.26. The van der Waals surface area contributed by atoms with Gasteiger partial charge in [-0.3, -0.25) is 9.59 Å². The van der Waals surface area contributed by atoms with E-state index in [9.17, 15) is 9.59 Å². The largest absolute Gasteiger partial charge is 0.491 e. The maximum Gasteiger partial charge on any atom is 0.322 e. The molecular weight excluding hydrogens is 570 g/mol. The highest BCUT2D eigenvalue weighted by Gasteiger charge is 2.10. The molecule has 0 bridgehead atoms. The van der Waals surface area contributed by atoms with E-state index in [1.165, 1.54) is 6.07 Å². The summed E-state index contributed by atoms with van der Waals surface area (Å²) in [4.78, 5) is 23.0. The van der Waals surface area contributed by atoms with Crippen LogP contribution >= 0.6 is 47.8 Å². The number of halogens is 3. The highest BCUT2D eigenvalue weighted by molar-refractivity contribution is 9.11. The van der Waals surface area contributed by atoms with Crippen LogP contribution in [0, 0.1) is 11.3 Å². The lowest BCUT2D eigenvalue weighted by Crippen LogP contribution is -2.25. The number of nitrogens with zero attached hydrogens (tertiary/aromatic N) is 1. The molecule has 0 unspecified atom stereocenters. The Morgan fingerprint density at radius 2 is 1.66 bits per heavy atom. The molecule has 0 spiro atoms. The minimum Gasteiger partial charge on any atom is -0.491 e. The quantitative estimate of drug-likeness (QED) is 0.337. The lowest BCUT2D eigenvalue weighted by molar-refractivity contribution is -0.115. The lowest BCUT2D eigenvalue weighted by atomic mass is 10.1. The van der Waals surface area contributed by atoms with Crippen LogP contribution in [0.1, 0.15) is 22.3 Å². The molecule has 6 nitrogen and oxygen atoms in total. The fraction of sp³-hybridized carbons (Fsp3) is 0.250. The monoisotopic (exact) mass is 585 g/mol. The minimum absolute atomic E-state index is 0.112. The maximum absolute atomic E-state index is 12.2. The standard InChI is InChI=1S/C20H18Br3N3O3/c21-15-4-2-14(3-5-15)20(28)26-8-6-13-10-16(22)19(17(23)11-13)29-9-1-7-25-18(27)12-24/h2-5,10-11H,1,6-9H2,(H,25,27)(H,26,28). The average Bonchev–Trinajstić information content (AvgIpc) is 2.69. The topological polar surface area (TPSA) is 91.2 Å². The normalized spacial score (nSPS) is 10.1. The van der Waals surface area contributed by atoms with Crippen molar-refractivity contribution in [3.63, 3.8) is 0 Å².